The number of thioether (sulfide) groups is 1. The number of carboxylic acids is 1. The summed E-state index contributed by atoms with van der Waals surface area (Å²) in [6.07, 6.45) is 8.37. The van der Waals surface area contributed by atoms with Gasteiger partial charge in [0.15, 0.2) is 0 Å². The molecule has 1 aromatic carbocycles. The van der Waals surface area contributed by atoms with Gasteiger partial charge in [-0.15, -0.1) is 0 Å². The largest absolute Gasteiger partial charge is 0.480 e. The first kappa shape index (κ1) is 48.9. The second-order valence-corrected chi connectivity index (χ2v) is 16.2. The van der Waals surface area contributed by atoms with Gasteiger partial charge in [-0.2, -0.15) is 11.8 Å². The van der Waals surface area contributed by atoms with Crippen LogP contribution in [0, 0.1) is 5.92 Å². The maximum atomic E-state index is 14.2. The molecule has 20 heteroatoms. The first-order valence-corrected chi connectivity index (χ1v) is 21.5. The molecule has 0 bridgehead atoms. The number of hydrogen-bond acceptors (Lipinski definition) is 11. The topological polar surface area (TPSA) is 308 Å². The van der Waals surface area contributed by atoms with E-state index < -0.39 is 83.7 Å². The molecule has 0 fully saturated rings. The SMILES string of the molecule is CSCC[C@H](N)C(=O)N[C@@H](Cc1cnc[nH]1)C(=O)N[C@@H](CC(C)C)C(=O)N[C@@H](Cc1c[nH]c2ccccc12)C(=O)N[C@@H](C)C(=O)N[C@@H](C)C(=O)N[C@@H](CCCCN)C(=O)O. The lowest BCUT2D eigenvalue weighted by atomic mass is 10.00. The van der Waals surface area contributed by atoms with Crippen LogP contribution in [0.15, 0.2) is 43.0 Å². The molecule has 3 aromatic rings. The number of para-hydroxylation sites is 1. The highest BCUT2D eigenvalue weighted by atomic mass is 32.2. The van der Waals surface area contributed by atoms with Crippen LogP contribution in [0.4, 0.5) is 0 Å². The average Bonchev–Trinajstić information content (AvgIpc) is 3.88. The molecule has 0 saturated heterocycles. The lowest BCUT2D eigenvalue weighted by molar-refractivity contribution is -0.142. The van der Waals surface area contributed by atoms with Crippen molar-refractivity contribution in [2.24, 2.45) is 17.4 Å². The maximum absolute atomic E-state index is 14.2. The third-order valence-corrected chi connectivity index (χ3v) is 10.4. The number of amides is 6. The molecular weight excluding hydrogens is 795 g/mol. The van der Waals surface area contributed by atoms with E-state index in [1.54, 1.807) is 6.20 Å². The van der Waals surface area contributed by atoms with Crippen LogP contribution in [-0.2, 0) is 46.4 Å². The second kappa shape index (κ2) is 24.6. The average molecular weight is 856 g/mol. The van der Waals surface area contributed by atoms with Crippen LogP contribution in [0.25, 0.3) is 10.9 Å². The Labute approximate surface area is 353 Å². The van der Waals surface area contributed by atoms with Gasteiger partial charge >= 0.3 is 5.97 Å². The van der Waals surface area contributed by atoms with Crippen molar-refractivity contribution in [1.82, 2.24) is 46.9 Å². The zero-order valence-electron chi connectivity index (χ0n) is 34.8. The summed E-state index contributed by atoms with van der Waals surface area (Å²) in [7, 11) is 0. The van der Waals surface area contributed by atoms with Crippen molar-refractivity contribution < 1.29 is 38.7 Å². The Hall–Kier alpha value is -5.47. The molecule has 19 nitrogen and oxygen atoms in total. The van der Waals surface area contributed by atoms with Crippen LogP contribution in [0.1, 0.15) is 71.1 Å². The van der Waals surface area contributed by atoms with Crippen molar-refractivity contribution in [2.45, 2.75) is 115 Å². The van der Waals surface area contributed by atoms with E-state index in [1.807, 2.05) is 44.4 Å². The standard InChI is InChI=1S/C40H61N11O8S/c1-22(2)16-31(50-39(57)33(18-26-20-43-21-45-26)49-36(54)28(42)13-15-60-5)38(56)51-32(17-25-19-44-29-11-7-6-10-27(25)29)37(55)47-23(3)34(52)46-24(4)35(53)48-30(40(58)59)12-8-9-14-41/h6-7,10-11,19-24,28,30-33,44H,8-9,12-18,41-42H2,1-5H3,(H,43,45)(H,46,52)(H,47,55)(H,48,53)(H,49,54)(H,50,57)(H,51,56)(H,58,59)/t23-,24-,28-,30-,31-,32-,33-/m0/s1. The van der Waals surface area contributed by atoms with Crippen molar-refractivity contribution >= 4 is 64.1 Å². The van der Waals surface area contributed by atoms with Gasteiger partial charge in [0.1, 0.15) is 36.3 Å². The van der Waals surface area contributed by atoms with E-state index in [4.69, 9.17) is 11.5 Å². The summed E-state index contributed by atoms with van der Waals surface area (Å²) in [4.78, 5) is 103. The number of nitrogens with one attached hydrogen (secondary N) is 8. The molecule has 330 valence electrons. The Balaban J connectivity index is 1.81. The quantitative estimate of drug-likeness (QED) is 0.0475. The number of nitrogens with zero attached hydrogens (tertiary/aromatic N) is 1. The normalized spacial score (nSPS) is 14.8. The number of H-pyrrole nitrogens is 2. The zero-order chi connectivity index (χ0) is 44.4. The highest BCUT2D eigenvalue weighted by molar-refractivity contribution is 7.98. The van der Waals surface area contributed by atoms with E-state index >= 15 is 0 Å². The van der Waals surface area contributed by atoms with Gasteiger partial charge in [-0.1, -0.05) is 32.0 Å². The Morgan fingerprint density at radius 2 is 1.32 bits per heavy atom. The fraction of sp³-hybridized carbons (Fsp3) is 0.550. The van der Waals surface area contributed by atoms with Crippen molar-refractivity contribution in [3.8, 4) is 0 Å². The van der Waals surface area contributed by atoms with Gasteiger partial charge in [0, 0.05) is 41.8 Å². The molecule has 6 amide bonds. The Bertz CT molecular complexity index is 1890. The fourth-order valence-corrected chi connectivity index (χ4v) is 6.78. The number of carbonyl (C=O) groups is 7. The van der Waals surface area contributed by atoms with Gasteiger partial charge in [-0.3, -0.25) is 28.8 Å². The molecule has 0 unspecified atom stereocenters. The molecule has 13 N–H and O–H groups in total. The van der Waals surface area contributed by atoms with Crippen molar-refractivity contribution in [3.05, 3.63) is 54.2 Å². The van der Waals surface area contributed by atoms with Crippen LogP contribution < -0.4 is 43.4 Å². The maximum Gasteiger partial charge on any atom is 0.326 e. The van der Waals surface area contributed by atoms with Crippen LogP contribution in [-0.4, -0.2) is 122 Å². The molecule has 2 aromatic heterocycles. The Morgan fingerprint density at radius 1 is 0.733 bits per heavy atom. The third kappa shape index (κ3) is 15.6. The number of aromatic nitrogens is 3. The summed E-state index contributed by atoms with van der Waals surface area (Å²) in [5, 5.41) is 26.2. The number of hydrogen-bond donors (Lipinski definition) is 11. The number of rotatable bonds is 26. The lowest BCUT2D eigenvalue weighted by Crippen LogP contribution is -2.60. The van der Waals surface area contributed by atoms with E-state index in [1.165, 1.54) is 38.1 Å². The molecule has 0 spiro atoms. The molecule has 2 heterocycles. The number of fused-ring (bicyclic) bond motifs is 1. The Kier molecular flexibility index (Phi) is 20.0. The monoisotopic (exact) mass is 855 g/mol. The van der Waals surface area contributed by atoms with Gasteiger partial charge in [-0.05, 0) is 82.1 Å². The first-order chi connectivity index (χ1) is 28.5. The van der Waals surface area contributed by atoms with E-state index in [-0.39, 0.29) is 31.6 Å². The summed E-state index contributed by atoms with van der Waals surface area (Å²) in [6.45, 7) is 6.89. The van der Waals surface area contributed by atoms with Crippen molar-refractivity contribution in [2.75, 3.05) is 18.6 Å². The summed E-state index contributed by atoms with van der Waals surface area (Å²) in [5.41, 5.74) is 13.6. The van der Waals surface area contributed by atoms with E-state index in [9.17, 15) is 38.7 Å². The predicted octanol–water partition coefficient (Wildman–Crippen LogP) is -0.0351. The number of benzene rings is 1. The van der Waals surface area contributed by atoms with E-state index in [0.717, 1.165) is 10.9 Å². The number of aromatic amines is 2. The number of carbonyl (C=O) groups excluding carboxylic acids is 6. The molecule has 0 aliphatic carbocycles. The lowest BCUT2D eigenvalue weighted by Gasteiger charge is -2.27. The highest BCUT2D eigenvalue weighted by Crippen LogP contribution is 2.20. The summed E-state index contributed by atoms with van der Waals surface area (Å²) < 4.78 is 0. The molecule has 7 atom stereocenters. The summed E-state index contributed by atoms with van der Waals surface area (Å²) in [5.74, 6) is -4.72. The highest BCUT2D eigenvalue weighted by Gasteiger charge is 2.33. The van der Waals surface area contributed by atoms with Gasteiger partial charge in [0.05, 0.1) is 12.4 Å². The number of imidazole rings is 1. The van der Waals surface area contributed by atoms with Crippen molar-refractivity contribution in [1.29, 1.82) is 0 Å². The summed E-state index contributed by atoms with van der Waals surface area (Å²) in [6, 6.07) is -0.511. The van der Waals surface area contributed by atoms with Gasteiger partial charge in [0.25, 0.3) is 0 Å². The van der Waals surface area contributed by atoms with E-state index in [2.05, 4.69) is 46.9 Å². The van der Waals surface area contributed by atoms with Gasteiger partial charge in [-0.25, -0.2) is 9.78 Å². The van der Waals surface area contributed by atoms with Gasteiger partial charge < -0.3 is 58.4 Å². The zero-order valence-corrected chi connectivity index (χ0v) is 35.7. The molecule has 0 aliphatic rings. The van der Waals surface area contributed by atoms with Crippen LogP contribution in [0.3, 0.4) is 0 Å². The Morgan fingerprint density at radius 3 is 1.95 bits per heavy atom. The third-order valence-electron chi connectivity index (χ3n) is 9.72. The van der Waals surface area contributed by atoms with Gasteiger partial charge in [0.2, 0.25) is 35.4 Å². The van der Waals surface area contributed by atoms with Crippen LogP contribution in [0.5, 0.6) is 0 Å². The molecule has 60 heavy (non-hydrogen) atoms. The minimum Gasteiger partial charge on any atom is -0.480 e. The smallest absolute Gasteiger partial charge is 0.326 e. The predicted molar refractivity (Wildman–Crippen MR) is 228 cm³/mol. The second-order valence-electron chi connectivity index (χ2n) is 15.2. The van der Waals surface area contributed by atoms with E-state index in [0.29, 0.717) is 42.8 Å². The number of unbranched alkanes of at least 4 members (excludes halogenated alkanes) is 1. The molecular formula is C40H61N11O8S. The fourth-order valence-electron chi connectivity index (χ4n) is 6.29. The number of aliphatic carboxylic acids is 1. The minimum absolute atomic E-state index is 0.00967. The number of carboxylic acid groups (broad SMARTS) is 1. The molecule has 0 saturated carbocycles. The minimum atomic E-state index is -1.25. The summed E-state index contributed by atoms with van der Waals surface area (Å²) >= 11 is 1.53. The van der Waals surface area contributed by atoms with Crippen LogP contribution in [0.2, 0.25) is 0 Å². The number of nitrogens with two attached hydrogens (primary N) is 2. The molecule has 0 aliphatic heterocycles. The van der Waals surface area contributed by atoms with Crippen LogP contribution >= 0.6 is 11.8 Å². The van der Waals surface area contributed by atoms with Crippen molar-refractivity contribution in [3.63, 3.8) is 0 Å². The molecule has 3 rings (SSSR count). The first-order valence-electron chi connectivity index (χ1n) is 20.1. The molecule has 0 radical (unpaired) electrons.